The van der Waals surface area contributed by atoms with E-state index in [1.54, 1.807) is 0 Å². The van der Waals surface area contributed by atoms with Crippen LogP contribution in [0, 0.1) is 0 Å². The van der Waals surface area contributed by atoms with Crippen LogP contribution in [0.1, 0.15) is 20.3 Å². The summed E-state index contributed by atoms with van der Waals surface area (Å²) in [6.45, 7) is 3.39. The van der Waals surface area contributed by atoms with Gasteiger partial charge in [-0.3, -0.25) is 4.79 Å². The minimum Gasteiger partial charge on any atom is -0.452 e. The molecule has 0 N–H and O–H groups in total. The van der Waals surface area contributed by atoms with E-state index < -0.39 is 0 Å². The molecule has 0 aliphatic carbocycles. The molecule has 0 fully saturated rings. The number of hydrogen-bond acceptors (Lipinski definition) is 2. The lowest BCUT2D eigenvalue weighted by atomic mass is 10.5. The van der Waals surface area contributed by atoms with Gasteiger partial charge in [0.15, 0.2) is 4.11 Å². The molecule has 1 atom stereocenters. The van der Waals surface area contributed by atoms with Crippen molar-refractivity contribution in [3.05, 3.63) is 0 Å². The third-order valence-corrected chi connectivity index (χ3v) is 1.75. The van der Waals surface area contributed by atoms with E-state index in [2.05, 4.69) is 22.6 Å². The molecule has 0 aliphatic rings. The highest BCUT2D eigenvalue weighted by Crippen LogP contribution is 2.05. The van der Waals surface area contributed by atoms with Crippen molar-refractivity contribution in [1.29, 1.82) is 0 Å². The predicted octanol–water partition coefficient (Wildman–Crippen LogP) is 1.72. The molecule has 0 amide bonds. The number of rotatable bonds is 2. The number of esters is 1. The summed E-state index contributed by atoms with van der Waals surface area (Å²) in [5.41, 5.74) is 0. The zero-order valence-corrected chi connectivity index (χ0v) is 7.14. The summed E-state index contributed by atoms with van der Waals surface area (Å²) in [5, 5.41) is 0. The van der Waals surface area contributed by atoms with Crippen molar-refractivity contribution >= 4 is 28.6 Å². The molecule has 2 nitrogen and oxygen atoms in total. The number of carbonyl (C=O) groups excluding carboxylic acids is 1. The first kappa shape index (κ1) is 8.20. The molecule has 48 valence electrons. The average molecular weight is 228 g/mol. The van der Waals surface area contributed by atoms with Crippen molar-refractivity contribution in [2.45, 2.75) is 24.4 Å². The van der Waals surface area contributed by atoms with Crippen LogP contribution >= 0.6 is 22.6 Å². The normalized spacial score (nSPS) is 12.9. The Morgan fingerprint density at radius 1 is 1.88 bits per heavy atom. The molecule has 1 unspecified atom stereocenters. The van der Waals surface area contributed by atoms with Gasteiger partial charge in [0, 0.05) is 6.92 Å². The Balaban J connectivity index is 3.24. The molecular weight excluding hydrogens is 219 g/mol. The molecular formula is C5H9IO2. The van der Waals surface area contributed by atoms with E-state index >= 15 is 0 Å². The maximum atomic E-state index is 10.2. The Kier molecular flexibility index (Phi) is 4.22. The van der Waals surface area contributed by atoms with E-state index in [-0.39, 0.29) is 10.1 Å². The highest BCUT2D eigenvalue weighted by atomic mass is 127. The molecule has 0 saturated carbocycles. The van der Waals surface area contributed by atoms with Crippen LogP contribution in [0.3, 0.4) is 0 Å². The van der Waals surface area contributed by atoms with E-state index in [9.17, 15) is 4.79 Å². The molecule has 0 aliphatic heterocycles. The Morgan fingerprint density at radius 3 is 2.50 bits per heavy atom. The summed E-state index contributed by atoms with van der Waals surface area (Å²) in [7, 11) is 0. The first-order valence-corrected chi connectivity index (χ1v) is 3.72. The van der Waals surface area contributed by atoms with E-state index in [4.69, 9.17) is 4.74 Å². The molecule has 0 aromatic rings. The van der Waals surface area contributed by atoms with Gasteiger partial charge in [0.2, 0.25) is 0 Å². The third kappa shape index (κ3) is 4.36. The first-order valence-electron chi connectivity index (χ1n) is 2.48. The molecule has 0 aromatic carbocycles. The van der Waals surface area contributed by atoms with Crippen LogP contribution in [0.25, 0.3) is 0 Å². The largest absolute Gasteiger partial charge is 0.452 e. The van der Waals surface area contributed by atoms with E-state index in [1.165, 1.54) is 6.92 Å². The van der Waals surface area contributed by atoms with Gasteiger partial charge in [0.25, 0.3) is 0 Å². The standard InChI is InChI=1S/C5H9IO2/c1-3-5(6)8-4(2)7/h5H,3H2,1-2H3. The summed E-state index contributed by atoms with van der Waals surface area (Å²) >= 11 is 2.08. The smallest absolute Gasteiger partial charge is 0.303 e. The minimum atomic E-state index is -0.203. The molecule has 0 spiro atoms. The van der Waals surface area contributed by atoms with Gasteiger partial charge in [-0.1, -0.05) is 6.92 Å². The van der Waals surface area contributed by atoms with E-state index in [1.807, 2.05) is 6.92 Å². The highest BCUT2D eigenvalue weighted by Gasteiger charge is 2.01. The van der Waals surface area contributed by atoms with Crippen molar-refractivity contribution in [2.75, 3.05) is 0 Å². The van der Waals surface area contributed by atoms with Gasteiger partial charge < -0.3 is 4.74 Å². The lowest BCUT2D eigenvalue weighted by Gasteiger charge is -2.04. The van der Waals surface area contributed by atoms with Crippen molar-refractivity contribution in [3.8, 4) is 0 Å². The second kappa shape index (κ2) is 4.12. The quantitative estimate of drug-likeness (QED) is 0.408. The summed E-state index contributed by atoms with van der Waals surface area (Å²) in [6.07, 6.45) is 0.875. The van der Waals surface area contributed by atoms with Gasteiger partial charge in [0.1, 0.15) is 0 Å². The molecule has 3 heteroatoms. The van der Waals surface area contributed by atoms with Crippen LogP contribution in [-0.4, -0.2) is 10.1 Å². The van der Waals surface area contributed by atoms with Crippen molar-refractivity contribution in [2.24, 2.45) is 0 Å². The van der Waals surface area contributed by atoms with Crippen LogP contribution in [0.15, 0.2) is 0 Å². The SMILES string of the molecule is CCC(I)OC(C)=O. The number of ether oxygens (including phenoxy) is 1. The van der Waals surface area contributed by atoms with Crippen molar-refractivity contribution in [3.63, 3.8) is 0 Å². The highest BCUT2D eigenvalue weighted by molar-refractivity contribution is 14.1. The second-order valence-electron chi connectivity index (χ2n) is 1.43. The lowest BCUT2D eigenvalue weighted by molar-refractivity contribution is -0.141. The molecule has 0 saturated heterocycles. The number of halogens is 1. The molecule has 0 bridgehead atoms. The Labute approximate surface area is 62.7 Å². The van der Waals surface area contributed by atoms with Crippen LogP contribution < -0.4 is 0 Å². The van der Waals surface area contributed by atoms with E-state index in [0.717, 1.165) is 6.42 Å². The summed E-state index contributed by atoms with van der Waals surface area (Å²) < 4.78 is 4.79. The Bertz CT molecular complexity index is 82.5. The van der Waals surface area contributed by atoms with Gasteiger partial charge in [-0.25, -0.2) is 0 Å². The number of alkyl halides is 1. The summed E-state index contributed by atoms with van der Waals surface area (Å²) in [5.74, 6) is -0.203. The van der Waals surface area contributed by atoms with Gasteiger partial charge in [-0.2, -0.15) is 0 Å². The van der Waals surface area contributed by atoms with Gasteiger partial charge >= 0.3 is 5.97 Å². The molecule has 8 heavy (non-hydrogen) atoms. The molecule has 0 radical (unpaired) electrons. The second-order valence-corrected chi connectivity index (χ2v) is 2.82. The van der Waals surface area contributed by atoms with Gasteiger partial charge in [-0.05, 0) is 29.0 Å². The minimum absolute atomic E-state index is 0.0464. The maximum absolute atomic E-state index is 10.2. The zero-order valence-electron chi connectivity index (χ0n) is 4.98. The predicted molar refractivity (Wildman–Crippen MR) is 39.9 cm³/mol. The summed E-state index contributed by atoms with van der Waals surface area (Å²) in [6, 6.07) is 0. The zero-order chi connectivity index (χ0) is 6.57. The van der Waals surface area contributed by atoms with Crippen LogP contribution in [0.4, 0.5) is 0 Å². The van der Waals surface area contributed by atoms with Crippen LogP contribution in [0.2, 0.25) is 0 Å². The maximum Gasteiger partial charge on any atom is 0.303 e. The average Bonchev–Trinajstić information content (AvgIpc) is 1.65. The molecule has 0 aromatic heterocycles. The van der Waals surface area contributed by atoms with Gasteiger partial charge in [-0.15, -0.1) is 0 Å². The lowest BCUT2D eigenvalue weighted by Crippen LogP contribution is -2.06. The Hall–Kier alpha value is 0.200. The number of hydrogen-bond donors (Lipinski definition) is 0. The van der Waals surface area contributed by atoms with Crippen molar-refractivity contribution in [1.82, 2.24) is 0 Å². The van der Waals surface area contributed by atoms with Crippen molar-refractivity contribution < 1.29 is 9.53 Å². The van der Waals surface area contributed by atoms with Gasteiger partial charge in [0.05, 0.1) is 0 Å². The fourth-order valence-corrected chi connectivity index (χ4v) is 0.621. The van der Waals surface area contributed by atoms with Crippen LogP contribution in [0.5, 0.6) is 0 Å². The Morgan fingerprint density at radius 2 is 2.38 bits per heavy atom. The monoisotopic (exact) mass is 228 g/mol. The molecule has 0 rings (SSSR count). The van der Waals surface area contributed by atoms with E-state index in [0.29, 0.717) is 0 Å². The first-order chi connectivity index (χ1) is 3.66. The topological polar surface area (TPSA) is 26.3 Å². The number of carbonyl (C=O) groups is 1. The third-order valence-electron chi connectivity index (χ3n) is 0.615. The fraction of sp³-hybridized carbons (Fsp3) is 0.800. The summed E-state index contributed by atoms with van der Waals surface area (Å²) in [4.78, 5) is 10.2. The fourth-order valence-electron chi connectivity index (χ4n) is 0.263. The molecule has 0 heterocycles. The van der Waals surface area contributed by atoms with Crippen LogP contribution in [-0.2, 0) is 9.53 Å².